The first-order chi connectivity index (χ1) is 11.3. The minimum absolute atomic E-state index is 0.250. The van der Waals surface area contributed by atoms with Crippen LogP contribution in [0, 0.1) is 0 Å². The van der Waals surface area contributed by atoms with Crippen LogP contribution in [-0.2, 0) is 4.79 Å². The zero-order valence-electron chi connectivity index (χ0n) is 14.2. The van der Waals surface area contributed by atoms with Crippen LogP contribution in [0.4, 0.5) is 0 Å². The van der Waals surface area contributed by atoms with Gasteiger partial charge >= 0.3 is 5.97 Å². The highest BCUT2D eigenvalue weighted by Gasteiger charge is 1.92. The molecule has 2 N–H and O–H groups in total. The fraction of sp³-hybridized carbons (Fsp3) is 0.550. The number of allylic oxidation sites excluding steroid dienone is 8. The molecule has 0 aliphatic carbocycles. The van der Waals surface area contributed by atoms with Gasteiger partial charge in [0.05, 0.1) is 0 Å². The molecule has 0 aromatic heterocycles. The van der Waals surface area contributed by atoms with Crippen molar-refractivity contribution in [2.75, 3.05) is 6.61 Å². The van der Waals surface area contributed by atoms with E-state index in [9.17, 15) is 4.79 Å². The molecule has 0 saturated carbocycles. The normalized spacial score (nSPS) is 12.4. The second-order valence-corrected chi connectivity index (χ2v) is 5.47. The van der Waals surface area contributed by atoms with Gasteiger partial charge in [-0.05, 0) is 51.4 Å². The summed E-state index contributed by atoms with van der Waals surface area (Å²) in [5.41, 5.74) is 0. The van der Waals surface area contributed by atoms with Gasteiger partial charge in [-0.1, -0.05) is 55.0 Å². The zero-order chi connectivity index (χ0) is 17.0. The van der Waals surface area contributed by atoms with Crippen LogP contribution in [0.2, 0.25) is 0 Å². The lowest BCUT2D eigenvalue weighted by Gasteiger charge is -1.93. The Morgan fingerprint density at radius 3 is 2.13 bits per heavy atom. The van der Waals surface area contributed by atoms with Gasteiger partial charge in [0.25, 0.3) is 0 Å². The number of carboxylic acids is 1. The van der Waals surface area contributed by atoms with Crippen molar-refractivity contribution in [2.45, 2.75) is 64.2 Å². The lowest BCUT2D eigenvalue weighted by Crippen LogP contribution is -1.92. The molecule has 0 aliphatic rings. The summed E-state index contributed by atoms with van der Waals surface area (Å²) in [6, 6.07) is 0. The van der Waals surface area contributed by atoms with Gasteiger partial charge < -0.3 is 10.2 Å². The van der Waals surface area contributed by atoms with Gasteiger partial charge in [-0.3, -0.25) is 4.79 Å². The summed E-state index contributed by atoms with van der Waals surface area (Å²) in [4.78, 5) is 10.3. The van der Waals surface area contributed by atoms with Crippen LogP contribution in [0.5, 0.6) is 0 Å². The van der Waals surface area contributed by atoms with Gasteiger partial charge in [0.15, 0.2) is 0 Å². The molecule has 0 amide bonds. The second kappa shape index (κ2) is 18.4. The molecule has 23 heavy (non-hydrogen) atoms. The number of unbranched alkanes of at least 4 members (excludes halogenated alkanes) is 5. The summed E-state index contributed by atoms with van der Waals surface area (Å²) < 4.78 is 0. The Morgan fingerprint density at radius 1 is 0.696 bits per heavy atom. The summed E-state index contributed by atoms with van der Waals surface area (Å²) in [5, 5.41) is 17.1. The Labute approximate surface area is 141 Å². The quantitative estimate of drug-likeness (QED) is 0.248. The summed E-state index contributed by atoms with van der Waals surface area (Å²) >= 11 is 0. The number of hydrogen-bond donors (Lipinski definition) is 2. The predicted octanol–water partition coefficient (Wildman–Crippen LogP) is 5.19. The number of carbonyl (C=O) groups is 1. The number of aliphatic hydroxyl groups is 1. The van der Waals surface area contributed by atoms with Gasteiger partial charge in [0, 0.05) is 13.0 Å². The van der Waals surface area contributed by atoms with Gasteiger partial charge in [-0.15, -0.1) is 0 Å². The third kappa shape index (κ3) is 20.4. The molecule has 0 unspecified atom stereocenters. The first-order valence-corrected chi connectivity index (χ1v) is 8.71. The van der Waals surface area contributed by atoms with Gasteiger partial charge in [-0.25, -0.2) is 0 Å². The standard InChI is InChI=1S/C20H32O3/c21-19-17-15-13-11-9-7-5-3-1-2-4-6-8-10-12-14-16-18-20(22)23/h1-2,4,6-7,9-10,12,21H,3,5,8,11,13-19H2,(H,22,23)/b2-1+,6-4-,9-7-,12-10-. The molecule has 0 aromatic carbocycles. The van der Waals surface area contributed by atoms with Gasteiger partial charge in [0.2, 0.25) is 0 Å². The van der Waals surface area contributed by atoms with Crippen molar-refractivity contribution in [1.29, 1.82) is 0 Å². The highest BCUT2D eigenvalue weighted by molar-refractivity contribution is 5.66. The van der Waals surface area contributed by atoms with E-state index < -0.39 is 5.97 Å². The van der Waals surface area contributed by atoms with Crippen LogP contribution in [0.1, 0.15) is 64.2 Å². The summed E-state index contributed by atoms with van der Waals surface area (Å²) in [7, 11) is 0. The maximum atomic E-state index is 10.3. The summed E-state index contributed by atoms with van der Waals surface area (Å²) in [6.45, 7) is 0.308. The van der Waals surface area contributed by atoms with E-state index in [-0.39, 0.29) is 6.42 Å². The summed E-state index contributed by atoms with van der Waals surface area (Å²) in [6.07, 6.45) is 26.1. The zero-order valence-corrected chi connectivity index (χ0v) is 14.2. The largest absolute Gasteiger partial charge is 0.481 e. The first-order valence-electron chi connectivity index (χ1n) is 8.71. The molecule has 0 aliphatic heterocycles. The van der Waals surface area contributed by atoms with Crippen LogP contribution < -0.4 is 0 Å². The van der Waals surface area contributed by atoms with Crippen LogP contribution in [-0.4, -0.2) is 22.8 Å². The number of aliphatic carboxylic acids is 1. The average molecular weight is 320 g/mol. The topological polar surface area (TPSA) is 57.5 Å². The molecule has 130 valence electrons. The molecule has 3 heteroatoms. The molecule has 0 heterocycles. The Bertz CT molecular complexity index is 378. The van der Waals surface area contributed by atoms with E-state index in [4.69, 9.17) is 10.2 Å². The molecule has 0 aromatic rings. The fourth-order valence-corrected chi connectivity index (χ4v) is 1.97. The van der Waals surface area contributed by atoms with E-state index in [0.717, 1.165) is 44.9 Å². The predicted molar refractivity (Wildman–Crippen MR) is 97.5 cm³/mol. The summed E-state index contributed by atoms with van der Waals surface area (Å²) in [5.74, 6) is -0.722. The van der Waals surface area contributed by atoms with Gasteiger partial charge in [0.1, 0.15) is 0 Å². The number of aliphatic hydroxyl groups excluding tert-OH is 1. The van der Waals surface area contributed by atoms with E-state index in [2.05, 4.69) is 42.5 Å². The first kappa shape index (κ1) is 21.4. The van der Waals surface area contributed by atoms with Crippen molar-refractivity contribution in [3.8, 4) is 0 Å². The smallest absolute Gasteiger partial charge is 0.303 e. The molecule has 0 rings (SSSR count). The van der Waals surface area contributed by atoms with Crippen LogP contribution >= 0.6 is 0 Å². The highest BCUT2D eigenvalue weighted by atomic mass is 16.4. The molecule has 0 radical (unpaired) electrons. The third-order valence-corrected chi connectivity index (χ3v) is 3.28. The van der Waals surface area contributed by atoms with Crippen LogP contribution in [0.25, 0.3) is 0 Å². The molecule has 0 saturated heterocycles. The molecule has 0 fully saturated rings. The van der Waals surface area contributed by atoms with Crippen molar-refractivity contribution >= 4 is 5.97 Å². The lowest BCUT2D eigenvalue weighted by molar-refractivity contribution is -0.137. The Morgan fingerprint density at radius 2 is 1.35 bits per heavy atom. The highest BCUT2D eigenvalue weighted by Crippen LogP contribution is 2.02. The SMILES string of the molecule is O=C(O)CCC/C=C\C/C=C\C=C\CC/C=C\CCCCCO. The fourth-order valence-electron chi connectivity index (χ4n) is 1.97. The molecule has 0 spiro atoms. The molecule has 3 nitrogen and oxygen atoms in total. The third-order valence-electron chi connectivity index (χ3n) is 3.28. The number of rotatable bonds is 15. The Kier molecular flexibility index (Phi) is 17.1. The van der Waals surface area contributed by atoms with E-state index in [1.807, 2.05) is 6.08 Å². The monoisotopic (exact) mass is 320 g/mol. The van der Waals surface area contributed by atoms with Crippen molar-refractivity contribution < 1.29 is 15.0 Å². The minimum atomic E-state index is -0.722. The second-order valence-electron chi connectivity index (χ2n) is 5.47. The Balaban J connectivity index is 3.40. The maximum absolute atomic E-state index is 10.3. The van der Waals surface area contributed by atoms with Gasteiger partial charge in [-0.2, -0.15) is 0 Å². The van der Waals surface area contributed by atoms with E-state index in [1.54, 1.807) is 0 Å². The molecular weight excluding hydrogens is 288 g/mol. The van der Waals surface area contributed by atoms with E-state index in [1.165, 1.54) is 6.42 Å². The van der Waals surface area contributed by atoms with Crippen LogP contribution in [0.3, 0.4) is 0 Å². The number of hydrogen-bond acceptors (Lipinski definition) is 2. The average Bonchev–Trinajstić information content (AvgIpc) is 2.53. The minimum Gasteiger partial charge on any atom is -0.481 e. The number of carboxylic acid groups (broad SMARTS) is 1. The van der Waals surface area contributed by atoms with Crippen LogP contribution in [0.15, 0.2) is 48.6 Å². The molecular formula is C20H32O3. The van der Waals surface area contributed by atoms with Crippen molar-refractivity contribution in [3.05, 3.63) is 48.6 Å². The Hall–Kier alpha value is -1.61. The van der Waals surface area contributed by atoms with E-state index >= 15 is 0 Å². The van der Waals surface area contributed by atoms with Crippen molar-refractivity contribution in [3.63, 3.8) is 0 Å². The molecule has 0 atom stereocenters. The lowest BCUT2D eigenvalue weighted by atomic mass is 10.2. The van der Waals surface area contributed by atoms with E-state index in [0.29, 0.717) is 13.0 Å². The molecule has 0 bridgehead atoms. The maximum Gasteiger partial charge on any atom is 0.303 e. The van der Waals surface area contributed by atoms with Crippen molar-refractivity contribution in [2.24, 2.45) is 0 Å². The van der Waals surface area contributed by atoms with Crippen molar-refractivity contribution in [1.82, 2.24) is 0 Å².